The average molecular weight is 262 g/mol. The number of likely N-dealkylation sites (tertiary alicyclic amines) is 1. The number of nitrogens with two attached hydrogens (primary N) is 1. The summed E-state index contributed by atoms with van der Waals surface area (Å²) in [5.74, 6) is 0.882. The Morgan fingerprint density at radius 1 is 1.32 bits per heavy atom. The van der Waals surface area contributed by atoms with E-state index in [1.807, 2.05) is 18.2 Å². The van der Waals surface area contributed by atoms with Crippen molar-refractivity contribution in [3.8, 4) is 5.75 Å². The maximum atomic E-state index is 6.32. The van der Waals surface area contributed by atoms with E-state index in [0.29, 0.717) is 5.41 Å². The van der Waals surface area contributed by atoms with Crippen LogP contribution in [0, 0.1) is 5.41 Å². The molecule has 1 atom stereocenters. The highest BCUT2D eigenvalue weighted by Gasteiger charge is 2.26. The molecule has 1 aromatic carbocycles. The molecule has 2 N–H and O–H groups in total. The van der Waals surface area contributed by atoms with Gasteiger partial charge in [-0.3, -0.25) is 0 Å². The van der Waals surface area contributed by atoms with E-state index < -0.39 is 0 Å². The van der Waals surface area contributed by atoms with Crippen molar-refractivity contribution in [3.63, 3.8) is 0 Å². The predicted octanol–water partition coefficient (Wildman–Crippen LogP) is 2.82. The zero-order chi connectivity index (χ0) is 13.9. The Balaban J connectivity index is 1.92. The van der Waals surface area contributed by atoms with Crippen molar-refractivity contribution in [2.24, 2.45) is 11.1 Å². The van der Waals surface area contributed by atoms with Crippen LogP contribution >= 0.6 is 0 Å². The molecule has 3 heteroatoms. The van der Waals surface area contributed by atoms with Crippen LogP contribution in [0.25, 0.3) is 0 Å². The first-order valence-corrected chi connectivity index (χ1v) is 7.12. The molecule has 106 valence electrons. The van der Waals surface area contributed by atoms with Gasteiger partial charge in [-0.25, -0.2) is 0 Å². The van der Waals surface area contributed by atoms with E-state index in [2.05, 4.69) is 24.8 Å². The third kappa shape index (κ3) is 3.95. The monoisotopic (exact) mass is 262 g/mol. The van der Waals surface area contributed by atoms with Gasteiger partial charge in [0.05, 0.1) is 7.11 Å². The Bertz CT molecular complexity index is 407. The summed E-state index contributed by atoms with van der Waals surface area (Å²) in [6.45, 7) is 7.96. The van der Waals surface area contributed by atoms with Gasteiger partial charge in [-0.15, -0.1) is 0 Å². The fraction of sp³-hybridized carbons (Fsp3) is 0.625. The lowest BCUT2D eigenvalue weighted by molar-refractivity contribution is 0.127. The highest BCUT2D eigenvalue weighted by atomic mass is 16.5. The van der Waals surface area contributed by atoms with E-state index in [0.717, 1.165) is 30.9 Å². The van der Waals surface area contributed by atoms with E-state index in [4.69, 9.17) is 10.5 Å². The lowest BCUT2D eigenvalue weighted by atomic mass is 9.82. The van der Waals surface area contributed by atoms with Crippen molar-refractivity contribution in [1.29, 1.82) is 0 Å². The standard InChI is InChI=1S/C16H26N2O/c1-16(2)7-9-18(10-8-16)12-15(17)13-5-4-6-14(11-13)19-3/h4-6,11,15H,7-10,12,17H2,1-3H3. The van der Waals surface area contributed by atoms with Gasteiger partial charge in [-0.2, -0.15) is 0 Å². The molecule has 2 rings (SSSR count). The van der Waals surface area contributed by atoms with Gasteiger partial charge in [0.15, 0.2) is 0 Å². The normalized spacial score (nSPS) is 21.1. The highest BCUT2D eigenvalue weighted by Crippen LogP contribution is 2.30. The zero-order valence-electron chi connectivity index (χ0n) is 12.4. The maximum Gasteiger partial charge on any atom is 0.119 e. The first-order valence-electron chi connectivity index (χ1n) is 7.12. The molecule has 0 bridgehead atoms. The van der Waals surface area contributed by atoms with Crippen LogP contribution in [0.15, 0.2) is 24.3 Å². The molecule has 0 spiro atoms. The molecule has 1 fully saturated rings. The van der Waals surface area contributed by atoms with E-state index >= 15 is 0 Å². The number of hydrogen-bond acceptors (Lipinski definition) is 3. The lowest BCUT2D eigenvalue weighted by Crippen LogP contribution is -2.40. The summed E-state index contributed by atoms with van der Waals surface area (Å²) in [7, 11) is 1.69. The minimum Gasteiger partial charge on any atom is -0.497 e. The SMILES string of the molecule is COc1cccc(C(N)CN2CCC(C)(C)CC2)c1. The summed E-state index contributed by atoms with van der Waals surface area (Å²) in [6.07, 6.45) is 2.52. The van der Waals surface area contributed by atoms with Gasteiger partial charge in [0.1, 0.15) is 5.75 Å². The van der Waals surface area contributed by atoms with Crippen LogP contribution in [0.2, 0.25) is 0 Å². The number of hydrogen-bond donors (Lipinski definition) is 1. The summed E-state index contributed by atoms with van der Waals surface area (Å²) in [5.41, 5.74) is 7.97. The smallest absolute Gasteiger partial charge is 0.119 e. The number of benzene rings is 1. The van der Waals surface area contributed by atoms with Crippen molar-refractivity contribution < 1.29 is 4.74 Å². The van der Waals surface area contributed by atoms with E-state index in [9.17, 15) is 0 Å². The van der Waals surface area contributed by atoms with E-state index in [-0.39, 0.29) is 6.04 Å². The van der Waals surface area contributed by atoms with E-state index in [1.165, 1.54) is 12.8 Å². The number of rotatable bonds is 4. The molecule has 3 nitrogen and oxygen atoms in total. The first kappa shape index (κ1) is 14.4. The second-order valence-corrected chi connectivity index (χ2v) is 6.35. The van der Waals surface area contributed by atoms with Crippen LogP contribution < -0.4 is 10.5 Å². The quantitative estimate of drug-likeness (QED) is 0.907. The molecule has 0 radical (unpaired) electrons. The fourth-order valence-corrected chi connectivity index (χ4v) is 2.60. The third-order valence-electron chi connectivity index (χ3n) is 4.19. The molecule has 1 aromatic rings. The molecule has 0 amide bonds. The van der Waals surface area contributed by atoms with Crippen LogP contribution in [0.5, 0.6) is 5.75 Å². The molecule has 1 heterocycles. The molecule has 1 aliphatic heterocycles. The van der Waals surface area contributed by atoms with Gasteiger partial charge in [-0.05, 0) is 49.0 Å². The molecular weight excluding hydrogens is 236 g/mol. The van der Waals surface area contributed by atoms with Crippen LogP contribution in [-0.2, 0) is 0 Å². The van der Waals surface area contributed by atoms with Gasteiger partial charge in [-0.1, -0.05) is 26.0 Å². The van der Waals surface area contributed by atoms with Gasteiger partial charge >= 0.3 is 0 Å². The topological polar surface area (TPSA) is 38.5 Å². The van der Waals surface area contributed by atoms with Crippen molar-refractivity contribution in [3.05, 3.63) is 29.8 Å². The second-order valence-electron chi connectivity index (χ2n) is 6.35. The molecule has 0 aliphatic carbocycles. The molecule has 1 unspecified atom stereocenters. The summed E-state index contributed by atoms with van der Waals surface area (Å²) in [5, 5.41) is 0. The van der Waals surface area contributed by atoms with E-state index in [1.54, 1.807) is 7.11 Å². The molecule has 1 aliphatic rings. The molecule has 0 aromatic heterocycles. The predicted molar refractivity (Wildman–Crippen MR) is 79.4 cm³/mol. The summed E-state index contributed by atoms with van der Waals surface area (Å²) < 4.78 is 5.25. The zero-order valence-corrected chi connectivity index (χ0v) is 12.4. The Labute approximate surface area is 116 Å². The largest absolute Gasteiger partial charge is 0.497 e. The Kier molecular flexibility index (Phi) is 4.48. The second kappa shape index (κ2) is 5.93. The van der Waals surface area contributed by atoms with Crippen LogP contribution in [0.4, 0.5) is 0 Å². The van der Waals surface area contributed by atoms with Crippen LogP contribution in [0.1, 0.15) is 38.3 Å². The number of nitrogens with zero attached hydrogens (tertiary/aromatic N) is 1. The maximum absolute atomic E-state index is 6.32. The summed E-state index contributed by atoms with van der Waals surface area (Å²) >= 11 is 0. The molecular formula is C16H26N2O. The van der Waals surface area contributed by atoms with Gasteiger partial charge in [0, 0.05) is 12.6 Å². The molecule has 0 saturated carbocycles. The molecule has 1 saturated heterocycles. The summed E-state index contributed by atoms with van der Waals surface area (Å²) in [4.78, 5) is 2.48. The number of ether oxygens (including phenoxy) is 1. The minimum atomic E-state index is 0.0660. The molecule has 19 heavy (non-hydrogen) atoms. The minimum absolute atomic E-state index is 0.0660. The fourth-order valence-electron chi connectivity index (χ4n) is 2.60. The number of methoxy groups -OCH3 is 1. The Morgan fingerprint density at radius 3 is 2.63 bits per heavy atom. The first-order chi connectivity index (χ1) is 9.00. The van der Waals surface area contributed by atoms with Gasteiger partial charge < -0.3 is 15.4 Å². The Morgan fingerprint density at radius 2 is 2.00 bits per heavy atom. The van der Waals surface area contributed by atoms with Crippen molar-refractivity contribution in [1.82, 2.24) is 4.90 Å². The van der Waals surface area contributed by atoms with Crippen LogP contribution in [0.3, 0.4) is 0 Å². The highest BCUT2D eigenvalue weighted by molar-refractivity contribution is 5.30. The third-order valence-corrected chi connectivity index (χ3v) is 4.19. The van der Waals surface area contributed by atoms with Gasteiger partial charge in [0.2, 0.25) is 0 Å². The van der Waals surface area contributed by atoms with Crippen molar-refractivity contribution in [2.45, 2.75) is 32.7 Å². The average Bonchev–Trinajstić information content (AvgIpc) is 2.41. The van der Waals surface area contributed by atoms with Crippen molar-refractivity contribution >= 4 is 0 Å². The number of piperidine rings is 1. The van der Waals surface area contributed by atoms with Gasteiger partial charge in [0.25, 0.3) is 0 Å². The van der Waals surface area contributed by atoms with Crippen molar-refractivity contribution in [2.75, 3.05) is 26.7 Å². The van der Waals surface area contributed by atoms with Crippen LogP contribution in [-0.4, -0.2) is 31.6 Å². The lowest BCUT2D eigenvalue weighted by Gasteiger charge is -2.38. The Hall–Kier alpha value is -1.06. The summed E-state index contributed by atoms with van der Waals surface area (Å²) in [6, 6.07) is 8.16.